The van der Waals surface area contributed by atoms with Gasteiger partial charge in [0.05, 0.1) is 6.61 Å². The molecular formula is C27H28N2O2. The van der Waals surface area contributed by atoms with Crippen LogP contribution in [0.4, 0.5) is 10.5 Å². The maximum Gasteiger partial charge on any atom is 0.411 e. The number of amides is 1. The minimum Gasteiger partial charge on any atom is -0.449 e. The Bertz CT molecular complexity index is 1090. The SMILES string of the molecule is O=C(Nc1ccccc1)OCCCCCNCc1c2ccccc2cc2ccccc12. The zero-order valence-electron chi connectivity index (χ0n) is 17.6. The molecule has 1 amide bonds. The van der Waals surface area contributed by atoms with E-state index in [4.69, 9.17) is 4.74 Å². The molecule has 4 rings (SSSR count). The molecular weight excluding hydrogens is 384 g/mol. The minimum absolute atomic E-state index is 0.396. The van der Waals surface area contributed by atoms with Crippen LogP contribution < -0.4 is 10.6 Å². The molecule has 0 aliphatic rings. The molecule has 0 atom stereocenters. The van der Waals surface area contributed by atoms with Crippen molar-refractivity contribution < 1.29 is 9.53 Å². The molecule has 158 valence electrons. The topological polar surface area (TPSA) is 50.4 Å². The van der Waals surface area contributed by atoms with Crippen LogP contribution in [0, 0.1) is 0 Å². The molecule has 0 unspecified atom stereocenters. The van der Waals surface area contributed by atoms with Crippen molar-refractivity contribution in [2.24, 2.45) is 0 Å². The first kappa shape index (κ1) is 20.9. The van der Waals surface area contributed by atoms with Crippen molar-refractivity contribution >= 4 is 33.3 Å². The summed E-state index contributed by atoms with van der Waals surface area (Å²) in [6, 6.07) is 28.8. The highest BCUT2D eigenvalue weighted by atomic mass is 16.5. The average molecular weight is 413 g/mol. The van der Waals surface area contributed by atoms with Gasteiger partial charge in [-0.15, -0.1) is 0 Å². The van der Waals surface area contributed by atoms with Crippen LogP contribution in [-0.4, -0.2) is 19.2 Å². The average Bonchev–Trinajstić information content (AvgIpc) is 2.80. The Morgan fingerprint density at radius 1 is 0.742 bits per heavy atom. The highest BCUT2D eigenvalue weighted by Gasteiger charge is 2.07. The summed E-state index contributed by atoms with van der Waals surface area (Å²) < 4.78 is 5.25. The van der Waals surface area contributed by atoms with Gasteiger partial charge in [0.2, 0.25) is 0 Å². The molecule has 0 saturated carbocycles. The van der Waals surface area contributed by atoms with Gasteiger partial charge < -0.3 is 10.1 Å². The fourth-order valence-corrected chi connectivity index (χ4v) is 3.88. The first-order chi connectivity index (χ1) is 15.3. The lowest BCUT2D eigenvalue weighted by molar-refractivity contribution is 0.159. The fraction of sp³-hybridized carbons (Fsp3) is 0.222. The van der Waals surface area contributed by atoms with Crippen LogP contribution in [0.25, 0.3) is 21.5 Å². The van der Waals surface area contributed by atoms with Crippen molar-refractivity contribution in [3.8, 4) is 0 Å². The first-order valence-corrected chi connectivity index (χ1v) is 10.9. The summed E-state index contributed by atoms with van der Waals surface area (Å²) in [4.78, 5) is 11.8. The van der Waals surface area contributed by atoms with Crippen LogP contribution in [0.3, 0.4) is 0 Å². The molecule has 4 heteroatoms. The number of ether oxygens (including phenoxy) is 1. The maximum atomic E-state index is 11.8. The van der Waals surface area contributed by atoms with Gasteiger partial charge in [-0.3, -0.25) is 5.32 Å². The van der Waals surface area contributed by atoms with E-state index in [0.29, 0.717) is 6.61 Å². The Hall–Kier alpha value is -3.37. The third-order valence-electron chi connectivity index (χ3n) is 5.44. The van der Waals surface area contributed by atoms with Gasteiger partial charge in [0, 0.05) is 12.2 Å². The van der Waals surface area contributed by atoms with Crippen LogP contribution in [0.2, 0.25) is 0 Å². The van der Waals surface area contributed by atoms with Crippen molar-refractivity contribution in [3.05, 3.63) is 90.5 Å². The standard InChI is InChI=1S/C27H28N2O2/c30-27(29-23-13-3-1-4-14-23)31-18-10-2-9-17-28-20-26-24-15-7-5-11-21(24)19-22-12-6-8-16-25(22)26/h1,3-8,11-16,19,28H,2,9-10,17-18,20H2,(H,29,30). The number of unbranched alkanes of at least 4 members (excludes halogenated alkanes) is 2. The van der Waals surface area contributed by atoms with Crippen molar-refractivity contribution in [3.63, 3.8) is 0 Å². The van der Waals surface area contributed by atoms with E-state index in [9.17, 15) is 4.79 Å². The van der Waals surface area contributed by atoms with Crippen LogP contribution in [0.1, 0.15) is 24.8 Å². The summed E-state index contributed by atoms with van der Waals surface area (Å²) in [6.07, 6.45) is 2.53. The third kappa shape index (κ3) is 5.62. The summed E-state index contributed by atoms with van der Waals surface area (Å²) in [5.74, 6) is 0. The zero-order valence-corrected chi connectivity index (χ0v) is 17.6. The number of fused-ring (bicyclic) bond motifs is 2. The number of hydrogen-bond donors (Lipinski definition) is 2. The molecule has 0 fully saturated rings. The lowest BCUT2D eigenvalue weighted by atomic mass is 9.97. The van der Waals surface area contributed by atoms with Crippen LogP contribution >= 0.6 is 0 Å². The molecule has 0 spiro atoms. The lowest BCUT2D eigenvalue weighted by Crippen LogP contribution is -2.16. The van der Waals surface area contributed by atoms with Crippen molar-refractivity contribution in [1.82, 2.24) is 5.32 Å². The van der Waals surface area contributed by atoms with E-state index >= 15 is 0 Å². The summed E-state index contributed by atoms with van der Waals surface area (Å²) in [5.41, 5.74) is 2.10. The van der Waals surface area contributed by atoms with Crippen molar-refractivity contribution in [1.29, 1.82) is 0 Å². The summed E-state index contributed by atoms with van der Waals surface area (Å²) in [6.45, 7) is 2.22. The summed E-state index contributed by atoms with van der Waals surface area (Å²) in [5, 5.41) is 11.5. The molecule has 0 radical (unpaired) electrons. The number of rotatable bonds is 9. The molecule has 2 N–H and O–H groups in total. The first-order valence-electron chi connectivity index (χ1n) is 10.9. The van der Waals surface area contributed by atoms with Gasteiger partial charge in [0.25, 0.3) is 0 Å². The molecule has 0 saturated heterocycles. The molecule has 0 heterocycles. The Morgan fingerprint density at radius 3 is 2.10 bits per heavy atom. The Morgan fingerprint density at radius 2 is 1.39 bits per heavy atom. The number of carbonyl (C=O) groups excluding carboxylic acids is 1. The van der Waals surface area contributed by atoms with Gasteiger partial charge in [-0.25, -0.2) is 4.79 Å². The largest absolute Gasteiger partial charge is 0.449 e. The molecule has 4 aromatic rings. The van der Waals surface area contributed by atoms with Crippen molar-refractivity contribution in [2.75, 3.05) is 18.5 Å². The highest BCUT2D eigenvalue weighted by Crippen LogP contribution is 2.28. The van der Waals surface area contributed by atoms with E-state index in [2.05, 4.69) is 65.2 Å². The van der Waals surface area contributed by atoms with Gasteiger partial charge in [-0.05, 0) is 71.1 Å². The zero-order chi connectivity index (χ0) is 21.3. The molecule has 4 aromatic carbocycles. The molecule has 0 aliphatic carbocycles. The van der Waals surface area contributed by atoms with E-state index in [1.807, 2.05) is 30.3 Å². The van der Waals surface area contributed by atoms with Gasteiger partial charge in [0.15, 0.2) is 0 Å². The monoisotopic (exact) mass is 412 g/mol. The Kier molecular flexibility index (Phi) is 7.14. The smallest absolute Gasteiger partial charge is 0.411 e. The van der Waals surface area contributed by atoms with Gasteiger partial charge >= 0.3 is 6.09 Å². The second-order valence-corrected chi connectivity index (χ2v) is 7.66. The highest BCUT2D eigenvalue weighted by molar-refractivity contribution is 6.02. The normalized spacial score (nSPS) is 11.0. The molecule has 0 aliphatic heterocycles. The minimum atomic E-state index is -0.396. The Labute approximate surface area is 183 Å². The van der Waals surface area contributed by atoms with E-state index in [-0.39, 0.29) is 0 Å². The van der Waals surface area contributed by atoms with E-state index in [1.54, 1.807) is 0 Å². The van der Waals surface area contributed by atoms with E-state index in [0.717, 1.165) is 38.0 Å². The number of anilines is 1. The van der Waals surface area contributed by atoms with Crippen LogP contribution in [0.5, 0.6) is 0 Å². The van der Waals surface area contributed by atoms with E-state index < -0.39 is 6.09 Å². The number of benzene rings is 4. The number of para-hydroxylation sites is 1. The number of carbonyl (C=O) groups is 1. The molecule has 0 bridgehead atoms. The second kappa shape index (κ2) is 10.6. The van der Waals surface area contributed by atoms with Crippen molar-refractivity contribution in [2.45, 2.75) is 25.8 Å². The molecule has 0 aromatic heterocycles. The predicted octanol–water partition coefficient (Wildman–Crippen LogP) is 6.50. The van der Waals surface area contributed by atoms with Gasteiger partial charge in [0.1, 0.15) is 0 Å². The van der Waals surface area contributed by atoms with E-state index in [1.165, 1.54) is 27.1 Å². The molecule has 31 heavy (non-hydrogen) atoms. The quantitative estimate of drug-likeness (QED) is 0.244. The van der Waals surface area contributed by atoms with Gasteiger partial charge in [-0.2, -0.15) is 0 Å². The predicted molar refractivity (Wildman–Crippen MR) is 128 cm³/mol. The third-order valence-corrected chi connectivity index (χ3v) is 5.44. The lowest BCUT2D eigenvalue weighted by Gasteiger charge is -2.12. The van der Waals surface area contributed by atoms with Crippen LogP contribution in [-0.2, 0) is 11.3 Å². The fourth-order valence-electron chi connectivity index (χ4n) is 3.88. The number of hydrogen-bond acceptors (Lipinski definition) is 3. The molecule has 4 nitrogen and oxygen atoms in total. The number of nitrogens with one attached hydrogen (secondary N) is 2. The summed E-state index contributed by atoms with van der Waals surface area (Å²) >= 11 is 0. The summed E-state index contributed by atoms with van der Waals surface area (Å²) in [7, 11) is 0. The van der Waals surface area contributed by atoms with Gasteiger partial charge in [-0.1, -0.05) is 66.7 Å². The Balaban J connectivity index is 1.20. The maximum absolute atomic E-state index is 11.8. The second-order valence-electron chi connectivity index (χ2n) is 7.66. The van der Waals surface area contributed by atoms with Crippen LogP contribution in [0.15, 0.2) is 84.9 Å².